The lowest BCUT2D eigenvalue weighted by molar-refractivity contribution is 0.230. The fourth-order valence-electron chi connectivity index (χ4n) is 2.46. The summed E-state index contributed by atoms with van der Waals surface area (Å²) in [5.41, 5.74) is 0. The van der Waals surface area contributed by atoms with Crippen molar-refractivity contribution in [1.29, 1.82) is 0 Å². The van der Waals surface area contributed by atoms with Crippen molar-refractivity contribution in [3.63, 3.8) is 0 Å². The van der Waals surface area contributed by atoms with E-state index < -0.39 is 0 Å². The summed E-state index contributed by atoms with van der Waals surface area (Å²) in [5.74, 6) is 2.07. The third-order valence-electron chi connectivity index (χ3n) is 3.53. The van der Waals surface area contributed by atoms with Crippen molar-refractivity contribution in [2.75, 3.05) is 59.1 Å². The minimum Gasteiger partial charge on any atom is -0.317 e. The Morgan fingerprint density at radius 3 is 2.37 bits per heavy atom. The van der Waals surface area contributed by atoms with Gasteiger partial charge >= 0.3 is 0 Å². The van der Waals surface area contributed by atoms with E-state index in [0.717, 1.165) is 11.2 Å². The molecule has 1 aliphatic rings. The summed E-state index contributed by atoms with van der Waals surface area (Å²) in [4.78, 5) is 4.92. The van der Waals surface area contributed by atoms with E-state index in [1.54, 1.807) is 0 Å². The Bertz CT molecular complexity index is 215. The number of rotatable bonds is 9. The molecule has 0 spiro atoms. The average molecular weight is 288 g/mol. The quantitative estimate of drug-likeness (QED) is 0.699. The zero-order valence-corrected chi connectivity index (χ0v) is 14.1. The summed E-state index contributed by atoms with van der Waals surface area (Å²) in [6.45, 7) is 11.9. The van der Waals surface area contributed by atoms with Crippen LogP contribution in [0.3, 0.4) is 0 Å². The van der Waals surface area contributed by atoms with Crippen molar-refractivity contribution in [3.8, 4) is 0 Å². The molecular formula is C15H33N3S. The first-order valence-corrected chi connectivity index (χ1v) is 8.82. The van der Waals surface area contributed by atoms with Crippen LogP contribution in [0.25, 0.3) is 0 Å². The van der Waals surface area contributed by atoms with Gasteiger partial charge in [-0.25, -0.2) is 0 Å². The van der Waals surface area contributed by atoms with E-state index >= 15 is 0 Å². The topological polar surface area (TPSA) is 18.5 Å². The number of nitrogens with one attached hydrogen (secondary N) is 1. The van der Waals surface area contributed by atoms with Gasteiger partial charge in [0.05, 0.1) is 0 Å². The second-order valence-corrected chi connectivity index (χ2v) is 7.73. The number of piperidine rings is 1. The van der Waals surface area contributed by atoms with Crippen LogP contribution in [0.5, 0.6) is 0 Å². The molecule has 0 aliphatic carbocycles. The summed E-state index contributed by atoms with van der Waals surface area (Å²) in [6.07, 6.45) is 2.71. The van der Waals surface area contributed by atoms with Gasteiger partial charge in [-0.2, -0.15) is 11.8 Å². The molecule has 4 heteroatoms. The maximum absolute atomic E-state index is 3.44. The van der Waals surface area contributed by atoms with Gasteiger partial charge in [-0.1, -0.05) is 13.8 Å². The lowest BCUT2D eigenvalue weighted by Gasteiger charge is -2.27. The van der Waals surface area contributed by atoms with Crippen molar-refractivity contribution in [2.45, 2.75) is 31.9 Å². The Morgan fingerprint density at radius 2 is 1.79 bits per heavy atom. The van der Waals surface area contributed by atoms with Crippen LogP contribution < -0.4 is 5.32 Å². The Kier molecular flexibility index (Phi) is 9.12. The molecule has 1 N–H and O–H groups in total. The van der Waals surface area contributed by atoms with Gasteiger partial charge in [0.25, 0.3) is 0 Å². The highest BCUT2D eigenvalue weighted by Gasteiger charge is 2.14. The van der Waals surface area contributed by atoms with E-state index in [2.05, 4.69) is 54.8 Å². The second-order valence-electron chi connectivity index (χ2n) is 6.32. The van der Waals surface area contributed by atoms with Crippen LogP contribution in [0.2, 0.25) is 0 Å². The van der Waals surface area contributed by atoms with E-state index in [0.29, 0.717) is 0 Å². The summed E-state index contributed by atoms with van der Waals surface area (Å²) < 4.78 is 0. The van der Waals surface area contributed by atoms with Gasteiger partial charge < -0.3 is 15.1 Å². The fourth-order valence-corrected chi connectivity index (χ4v) is 3.73. The molecule has 1 aliphatic heterocycles. The highest BCUT2D eigenvalue weighted by molar-refractivity contribution is 7.99. The first-order valence-electron chi connectivity index (χ1n) is 7.77. The van der Waals surface area contributed by atoms with Crippen LogP contribution in [0.4, 0.5) is 0 Å². The van der Waals surface area contributed by atoms with Gasteiger partial charge in [0.2, 0.25) is 0 Å². The normalized spacial score (nSPS) is 17.8. The molecule has 19 heavy (non-hydrogen) atoms. The van der Waals surface area contributed by atoms with Gasteiger partial charge in [-0.05, 0) is 45.9 Å². The maximum Gasteiger partial charge on any atom is 0.0110 e. The molecule has 0 aromatic carbocycles. The van der Waals surface area contributed by atoms with Crippen molar-refractivity contribution in [3.05, 3.63) is 0 Å². The summed E-state index contributed by atoms with van der Waals surface area (Å²) in [5, 5.41) is 4.34. The number of thioether (sulfide) groups is 1. The molecule has 1 rings (SSSR count). The minimum absolute atomic E-state index is 0.769. The molecule has 0 atom stereocenters. The maximum atomic E-state index is 3.44. The van der Waals surface area contributed by atoms with E-state index in [4.69, 9.17) is 0 Å². The highest BCUT2D eigenvalue weighted by atomic mass is 32.2. The number of likely N-dealkylation sites (N-methyl/N-ethyl adjacent to an activating group) is 1. The predicted octanol–water partition coefficient (Wildman–Crippen LogP) is 1.99. The van der Waals surface area contributed by atoms with Crippen LogP contribution in [0.1, 0.15) is 26.7 Å². The molecule has 1 saturated heterocycles. The van der Waals surface area contributed by atoms with Crippen molar-refractivity contribution < 1.29 is 0 Å². The lowest BCUT2D eigenvalue weighted by Crippen LogP contribution is -2.36. The van der Waals surface area contributed by atoms with Crippen LogP contribution in [0, 0.1) is 5.92 Å². The lowest BCUT2D eigenvalue weighted by atomic mass is 10.2. The van der Waals surface area contributed by atoms with E-state index in [-0.39, 0.29) is 0 Å². The fraction of sp³-hybridized carbons (Fsp3) is 1.00. The Hall–Kier alpha value is 0.230. The number of hydrogen-bond acceptors (Lipinski definition) is 4. The van der Waals surface area contributed by atoms with Crippen LogP contribution in [-0.2, 0) is 0 Å². The average Bonchev–Trinajstić information content (AvgIpc) is 2.36. The second kappa shape index (κ2) is 10.0. The SMILES string of the molecule is CC(C)CN(CCSC1CCNCC1)CCN(C)C. The number of nitrogens with zero attached hydrogens (tertiary/aromatic N) is 2. The molecule has 0 aromatic heterocycles. The van der Waals surface area contributed by atoms with Crippen molar-refractivity contribution in [2.24, 2.45) is 5.92 Å². The minimum atomic E-state index is 0.769. The molecule has 114 valence electrons. The molecule has 1 fully saturated rings. The highest BCUT2D eigenvalue weighted by Crippen LogP contribution is 2.20. The molecule has 0 unspecified atom stereocenters. The van der Waals surface area contributed by atoms with Gasteiger partial charge in [0.1, 0.15) is 0 Å². The Balaban J connectivity index is 2.18. The zero-order chi connectivity index (χ0) is 14.1. The smallest absolute Gasteiger partial charge is 0.0110 e. The molecule has 0 radical (unpaired) electrons. The zero-order valence-electron chi connectivity index (χ0n) is 13.3. The van der Waals surface area contributed by atoms with Crippen LogP contribution in [0.15, 0.2) is 0 Å². The largest absolute Gasteiger partial charge is 0.317 e. The monoisotopic (exact) mass is 287 g/mol. The van der Waals surface area contributed by atoms with E-state index in [1.807, 2.05) is 0 Å². The summed E-state index contributed by atoms with van der Waals surface area (Å²) in [7, 11) is 4.33. The first-order chi connectivity index (χ1) is 9.08. The predicted molar refractivity (Wildman–Crippen MR) is 88.2 cm³/mol. The standard InChI is InChI=1S/C15H33N3S/c1-14(2)13-18(10-9-17(3)4)11-12-19-15-5-7-16-8-6-15/h14-16H,5-13H2,1-4H3. The van der Waals surface area contributed by atoms with Crippen LogP contribution >= 0.6 is 11.8 Å². The molecule has 0 amide bonds. The van der Waals surface area contributed by atoms with Crippen molar-refractivity contribution in [1.82, 2.24) is 15.1 Å². The molecular weight excluding hydrogens is 254 g/mol. The third-order valence-corrected chi connectivity index (χ3v) is 4.90. The molecule has 1 heterocycles. The summed E-state index contributed by atoms with van der Waals surface area (Å²) in [6, 6.07) is 0. The van der Waals surface area contributed by atoms with E-state index in [1.165, 1.54) is 57.9 Å². The molecule has 0 aromatic rings. The van der Waals surface area contributed by atoms with Crippen LogP contribution in [-0.4, -0.2) is 74.2 Å². The molecule has 0 bridgehead atoms. The molecule has 3 nitrogen and oxygen atoms in total. The Morgan fingerprint density at radius 1 is 1.11 bits per heavy atom. The van der Waals surface area contributed by atoms with E-state index in [9.17, 15) is 0 Å². The van der Waals surface area contributed by atoms with Gasteiger partial charge in [0, 0.05) is 37.2 Å². The van der Waals surface area contributed by atoms with Gasteiger partial charge in [-0.15, -0.1) is 0 Å². The first kappa shape index (κ1) is 17.3. The Labute approximate surface area is 124 Å². The third kappa shape index (κ3) is 8.90. The van der Waals surface area contributed by atoms with Gasteiger partial charge in [-0.3, -0.25) is 0 Å². The summed E-state index contributed by atoms with van der Waals surface area (Å²) >= 11 is 2.19. The number of hydrogen-bond donors (Lipinski definition) is 1. The van der Waals surface area contributed by atoms with Gasteiger partial charge in [0.15, 0.2) is 0 Å². The van der Waals surface area contributed by atoms with Crippen molar-refractivity contribution >= 4 is 11.8 Å². The molecule has 0 saturated carbocycles.